The first-order valence-electron chi connectivity index (χ1n) is 6.86. The van der Waals surface area contributed by atoms with E-state index in [1.54, 1.807) is 6.20 Å². The van der Waals surface area contributed by atoms with E-state index in [1.165, 1.54) is 30.8 Å². The van der Waals surface area contributed by atoms with Crippen LogP contribution in [-0.4, -0.2) is 33.9 Å². The van der Waals surface area contributed by atoms with Gasteiger partial charge in [0.05, 0.1) is 22.5 Å². The lowest BCUT2D eigenvalue weighted by Crippen LogP contribution is -2.43. The Hall–Kier alpha value is -0.390. The van der Waals surface area contributed by atoms with Crippen molar-refractivity contribution >= 4 is 29.2 Å². The molecule has 104 valence electrons. The van der Waals surface area contributed by atoms with Crippen molar-refractivity contribution in [2.75, 3.05) is 23.8 Å². The molecule has 0 saturated carbocycles. The van der Waals surface area contributed by atoms with Gasteiger partial charge in [-0.15, -0.1) is 11.8 Å². The van der Waals surface area contributed by atoms with E-state index in [4.69, 9.17) is 10.5 Å². The van der Waals surface area contributed by atoms with E-state index in [2.05, 4.69) is 16.7 Å². The van der Waals surface area contributed by atoms with Gasteiger partial charge in [-0.05, 0) is 49.3 Å². The van der Waals surface area contributed by atoms with Gasteiger partial charge in [-0.25, -0.2) is 4.98 Å². The molecule has 3 rings (SSSR count). The van der Waals surface area contributed by atoms with Crippen molar-refractivity contribution in [1.82, 2.24) is 4.98 Å². The molecule has 1 aromatic rings. The first kappa shape index (κ1) is 13.6. The Kier molecular flexibility index (Phi) is 4.24. The topological polar surface area (TPSA) is 48.1 Å². The van der Waals surface area contributed by atoms with Crippen molar-refractivity contribution in [3.8, 4) is 0 Å². The highest BCUT2D eigenvalue weighted by atomic mass is 32.2. The molecule has 19 heavy (non-hydrogen) atoms. The minimum absolute atomic E-state index is 0.162. The summed E-state index contributed by atoms with van der Waals surface area (Å²) < 4.78 is 6.13. The maximum Gasteiger partial charge on any atom is 0.0964 e. The van der Waals surface area contributed by atoms with Crippen molar-refractivity contribution in [1.29, 1.82) is 0 Å². The van der Waals surface area contributed by atoms with Crippen LogP contribution < -0.4 is 5.73 Å². The Labute approximate surface area is 123 Å². The predicted molar refractivity (Wildman–Crippen MR) is 82.8 cm³/mol. The minimum Gasteiger partial charge on any atom is -0.397 e. The number of pyridine rings is 1. The fourth-order valence-electron chi connectivity index (χ4n) is 2.81. The lowest BCUT2D eigenvalue weighted by Gasteiger charge is -2.43. The molecule has 3 nitrogen and oxygen atoms in total. The third-order valence-corrected chi connectivity index (χ3v) is 6.10. The highest BCUT2D eigenvalue weighted by Crippen LogP contribution is 2.42. The fraction of sp³-hybridized carbons (Fsp3) is 0.643. The molecule has 5 heteroatoms. The van der Waals surface area contributed by atoms with Crippen LogP contribution in [-0.2, 0) is 4.74 Å². The molecular weight excluding hydrogens is 276 g/mol. The van der Waals surface area contributed by atoms with E-state index in [0.29, 0.717) is 5.25 Å². The monoisotopic (exact) mass is 296 g/mol. The summed E-state index contributed by atoms with van der Waals surface area (Å²) in [5.74, 6) is 2.50. The molecule has 2 N–H and O–H groups in total. The summed E-state index contributed by atoms with van der Waals surface area (Å²) in [5.41, 5.74) is 6.57. The zero-order valence-corrected chi connectivity index (χ0v) is 12.6. The van der Waals surface area contributed by atoms with Gasteiger partial charge in [0.1, 0.15) is 0 Å². The van der Waals surface area contributed by atoms with E-state index in [-0.39, 0.29) is 5.60 Å². The first-order valence-corrected chi connectivity index (χ1v) is 8.89. The van der Waals surface area contributed by atoms with Crippen LogP contribution in [0.2, 0.25) is 0 Å². The number of rotatable bonds is 2. The van der Waals surface area contributed by atoms with Crippen LogP contribution in [0.5, 0.6) is 0 Å². The molecule has 1 unspecified atom stereocenters. The Balaban J connectivity index is 1.63. The summed E-state index contributed by atoms with van der Waals surface area (Å²) in [5, 5.41) is 1.72. The Bertz CT molecular complexity index is 412. The van der Waals surface area contributed by atoms with Gasteiger partial charge in [-0.1, -0.05) is 0 Å². The first-order chi connectivity index (χ1) is 9.26. The molecule has 2 aliphatic rings. The van der Waals surface area contributed by atoms with Crippen molar-refractivity contribution < 1.29 is 4.74 Å². The second-order valence-corrected chi connectivity index (χ2v) is 7.85. The smallest absolute Gasteiger partial charge is 0.0964 e. The number of aromatic nitrogens is 1. The van der Waals surface area contributed by atoms with Gasteiger partial charge in [0.2, 0.25) is 0 Å². The quantitative estimate of drug-likeness (QED) is 0.908. The second-order valence-electron chi connectivity index (χ2n) is 5.31. The van der Waals surface area contributed by atoms with Crippen LogP contribution in [0.25, 0.3) is 0 Å². The lowest BCUT2D eigenvalue weighted by molar-refractivity contribution is -0.0805. The summed E-state index contributed by atoms with van der Waals surface area (Å²) in [6.45, 7) is 0.900. The molecule has 1 atom stereocenters. The highest BCUT2D eigenvalue weighted by Gasteiger charge is 2.39. The summed E-state index contributed by atoms with van der Waals surface area (Å²) >= 11 is 3.94. The van der Waals surface area contributed by atoms with Gasteiger partial charge < -0.3 is 10.5 Å². The fourth-order valence-corrected chi connectivity index (χ4v) is 5.25. The molecule has 2 aliphatic heterocycles. The van der Waals surface area contributed by atoms with E-state index in [0.717, 1.165) is 23.7 Å². The molecule has 0 bridgehead atoms. The zero-order chi connectivity index (χ0) is 13.1. The van der Waals surface area contributed by atoms with Crippen molar-refractivity contribution in [2.45, 2.75) is 41.6 Å². The molecule has 3 heterocycles. The number of nitrogen functional groups attached to an aromatic ring is 1. The number of ether oxygens (including phenoxy) is 1. The molecule has 0 radical (unpaired) electrons. The van der Waals surface area contributed by atoms with Gasteiger partial charge in [0.15, 0.2) is 0 Å². The van der Waals surface area contributed by atoms with Crippen LogP contribution in [0.1, 0.15) is 25.7 Å². The molecule has 0 aromatic carbocycles. The normalized spacial score (nSPS) is 26.4. The van der Waals surface area contributed by atoms with Gasteiger partial charge in [0.25, 0.3) is 0 Å². The van der Waals surface area contributed by atoms with Crippen LogP contribution in [0, 0.1) is 0 Å². The van der Waals surface area contributed by atoms with E-state index in [1.807, 2.05) is 23.9 Å². The van der Waals surface area contributed by atoms with Crippen molar-refractivity contribution in [3.63, 3.8) is 0 Å². The summed E-state index contributed by atoms with van der Waals surface area (Å²) in [4.78, 5) is 4.40. The number of nitrogens with two attached hydrogens (primary N) is 1. The average Bonchev–Trinajstić information content (AvgIpc) is 2.42. The minimum atomic E-state index is 0.162. The molecule has 2 saturated heterocycles. The number of hydrogen-bond acceptors (Lipinski definition) is 5. The molecule has 2 fully saturated rings. The van der Waals surface area contributed by atoms with Gasteiger partial charge in [0, 0.05) is 11.9 Å². The SMILES string of the molecule is Nc1ccc(SC2CCOC3(CCSCC3)C2)nc1. The summed E-state index contributed by atoms with van der Waals surface area (Å²) in [6, 6.07) is 3.96. The van der Waals surface area contributed by atoms with E-state index < -0.39 is 0 Å². The third kappa shape index (κ3) is 3.38. The zero-order valence-electron chi connectivity index (χ0n) is 11.0. The number of hydrogen-bond donors (Lipinski definition) is 1. The van der Waals surface area contributed by atoms with Crippen LogP contribution in [0.3, 0.4) is 0 Å². The number of thioether (sulfide) groups is 2. The lowest BCUT2D eigenvalue weighted by atomic mass is 9.88. The third-order valence-electron chi connectivity index (χ3n) is 3.90. The predicted octanol–water partition coefficient (Wildman–Crippen LogP) is 3.20. The molecular formula is C14H20N2OS2. The summed E-state index contributed by atoms with van der Waals surface area (Å²) in [6.07, 6.45) is 6.47. The van der Waals surface area contributed by atoms with Gasteiger partial charge >= 0.3 is 0 Å². The standard InChI is InChI=1S/C14H20N2OS2/c15-11-1-2-13(16-10-11)19-12-3-6-17-14(9-12)4-7-18-8-5-14/h1-2,10,12H,3-9,15H2. The molecule has 0 aliphatic carbocycles. The highest BCUT2D eigenvalue weighted by molar-refractivity contribution is 8.00. The van der Waals surface area contributed by atoms with Crippen LogP contribution >= 0.6 is 23.5 Å². The van der Waals surface area contributed by atoms with E-state index >= 15 is 0 Å². The van der Waals surface area contributed by atoms with Gasteiger partial charge in [-0.3, -0.25) is 0 Å². The maximum atomic E-state index is 6.13. The van der Waals surface area contributed by atoms with Gasteiger partial charge in [-0.2, -0.15) is 11.8 Å². The van der Waals surface area contributed by atoms with Crippen molar-refractivity contribution in [3.05, 3.63) is 18.3 Å². The summed E-state index contributed by atoms with van der Waals surface area (Å²) in [7, 11) is 0. The molecule has 1 aromatic heterocycles. The number of anilines is 1. The largest absolute Gasteiger partial charge is 0.397 e. The Morgan fingerprint density at radius 2 is 2.21 bits per heavy atom. The molecule has 1 spiro atoms. The van der Waals surface area contributed by atoms with Crippen molar-refractivity contribution in [2.24, 2.45) is 0 Å². The Morgan fingerprint density at radius 3 is 2.95 bits per heavy atom. The molecule has 0 amide bonds. The van der Waals surface area contributed by atoms with Crippen LogP contribution in [0.15, 0.2) is 23.4 Å². The van der Waals surface area contributed by atoms with E-state index in [9.17, 15) is 0 Å². The maximum absolute atomic E-state index is 6.13. The Morgan fingerprint density at radius 1 is 1.37 bits per heavy atom. The van der Waals surface area contributed by atoms with Crippen LogP contribution in [0.4, 0.5) is 5.69 Å². The second kappa shape index (κ2) is 5.94. The average molecular weight is 296 g/mol. The number of nitrogens with zero attached hydrogens (tertiary/aromatic N) is 1.